The Hall–Kier alpha value is -2.49. The lowest BCUT2D eigenvalue weighted by Crippen LogP contribution is -2.17. The molecule has 2 aromatic rings. The zero-order valence-corrected chi connectivity index (χ0v) is 9.78. The average molecular weight is 239 g/mol. The molecule has 0 bridgehead atoms. The number of hydrogen-bond acceptors (Lipinski definition) is 3. The maximum absolute atomic E-state index is 11.6. The number of rotatable bonds is 4. The van der Waals surface area contributed by atoms with Gasteiger partial charge in [-0.2, -0.15) is 5.10 Å². The molecule has 1 N–H and O–H groups in total. The van der Waals surface area contributed by atoms with E-state index in [4.69, 9.17) is 0 Å². The minimum absolute atomic E-state index is 0.257. The van der Waals surface area contributed by atoms with Crippen LogP contribution in [0, 0.1) is 0 Å². The Morgan fingerprint density at radius 3 is 2.78 bits per heavy atom. The number of carbonyl (C=O) groups is 1. The van der Waals surface area contributed by atoms with Crippen LogP contribution in [0.2, 0.25) is 0 Å². The number of hydrogen-bond donors (Lipinski definition) is 1. The van der Waals surface area contributed by atoms with Gasteiger partial charge in [0, 0.05) is 25.0 Å². The molecule has 0 saturated heterocycles. The zero-order valence-electron chi connectivity index (χ0n) is 9.78. The van der Waals surface area contributed by atoms with E-state index >= 15 is 0 Å². The Bertz CT molecular complexity index is 523. The third kappa shape index (κ3) is 3.52. The molecule has 0 fully saturated rings. The number of benzene rings is 1. The summed E-state index contributed by atoms with van der Waals surface area (Å²) in [5.74, 6) is -0.257. The summed E-state index contributed by atoms with van der Waals surface area (Å²) in [5.41, 5.74) is 4.10. The van der Waals surface area contributed by atoms with Crippen LogP contribution in [0.15, 0.2) is 60.0 Å². The van der Waals surface area contributed by atoms with Gasteiger partial charge in [0.25, 0.3) is 5.91 Å². The van der Waals surface area contributed by atoms with E-state index in [2.05, 4.69) is 15.5 Å². The number of aromatic nitrogens is 1. The minimum atomic E-state index is -0.257. The molecule has 4 heteroatoms. The van der Waals surface area contributed by atoms with E-state index in [1.54, 1.807) is 24.5 Å². The van der Waals surface area contributed by atoms with Crippen molar-refractivity contribution in [2.24, 2.45) is 5.10 Å². The first kappa shape index (κ1) is 12.0. The van der Waals surface area contributed by atoms with Crippen molar-refractivity contribution in [1.29, 1.82) is 0 Å². The van der Waals surface area contributed by atoms with Gasteiger partial charge >= 0.3 is 0 Å². The van der Waals surface area contributed by atoms with Gasteiger partial charge in [-0.1, -0.05) is 30.3 Å². The lowest BCUT2D eigenvalue weighted by Gasteiger charge is -1.98. The van der Waals surface area contributed by atoms with Crippen molar-refractivity contribution in [3.8, 4) is 0 Å². The Kier molecular flexibility index (Phi) is 4.19. The minimum Gasteiger partial charge on any atom is -0.267 e. The molecule has 18 heavy (non-hydrogen) atoms. The van der Waals surface area contributed by atoms with E-state index in [9.17, 15) is 4.79 Å². The molecule has 1 aromatic heterocycles. The third-order valence-corrected chi connectivity index (χ3v) is 2.35. The van der Waals surface area contributed by atoms with Crippen LogP contribution >= 0.6 is 0 Å². The first-order chi connectivity index (χ1) is 8.86. The highest BCUT2D eigenvalue weighted by Gasteiger charge is 2.01. The van der Waals surface area contributed by atoms with Gasteiger partial charge in [0.15, 0.2) is 0 Å². The molecular formula is C14H13N3O. The number of carbonyl (C=O) groups excluding carboxylic acids is 1. The van der Waals surface area contributed by atoms with Crippen LogP contribution in [0.25, 0.3) is 0 Å². The number of pyridine rings is 1. The molecule has 0 aliphatic heterocycles. The third-order valence-electron chi connectivity index (χ3n) is 2.35. The smallest absolute Gasteiger partial charge is 0.267 e. The Morgan fingerprint density at radius 2 is 2.06 bits per heavy atom. The van der Waals surface area contributed by atoms with E-state index in [0.29, 0.717) is 12.0 Å². The fourth-order valence-corrected chi connectivity index (χ4v) is 1.43. The van der Waals surface area contributed by atoms with Gasteiger partial charge < -0.3 is 0 Å². The molecular weight excluding hydrogens is 226 g/mol. The number of nitrogens with one attached hydrogen (secondary N) is 1. The van der Waals surface area contributed by atoms with Crippen LogP contribution in [-0.2, 0) is 6.42 Å². The second-order valence-electron chi connectivity index (χ2n) is 3.68. The average Bonchev–Trinajstić information content (AvgIpc) is 2.45. The summed E-state index contributed by atoms with van der Waals surface area (Å²) in [6.07, 6.45) is 5.48. The molecule has 0 atom stereocenters. The van der Waals surface area contributed by atoms with Gasteiger partial charge in [-0.25, -0.2) is 5.43 Å². The summed E-state index contributed by atoms with van der Waals surface area (Å²) in [5, 5.41) is 3.89. The molecule has 0 radical (unpaired) electrons. The molecule has 0 spiro atoms. The van der Waals surface area contributed by atoms with Gasteiger partial charge in [-0.05, 0) is 17.7 Å². The van der Waals surface area contributed by atoms with Crippen molar-refractivity contribution < 1.29 is 4.79 Å². The molecule has 0 unspecified atom stereocenters. The fraction of sp³-hybridized carbons (Fsp3) is 0.0714. The van der Waals surface area contributed by atoms with Crippen molar-refractivity contribution in [3.05, 3.63) is 66.0 Å². The summed E-state index contributed by atoms with van der Waals surface area (Å²) >= 11 is 0. The van der Waals surface area contributed by atoms with Crippen LogP contribution in [-0.4, -0.2) is 17.1 Å². The van der Waals surface area contributed by atoms with Crippen molar-refractivity contribution in [2.45, 2.75) is 6.42 Å². The molecule has 2 rings (SSSR count). The molecule has 0 aliphatic carbocycles. The van der Waals surface area contributed by atoms with Gasteiger partial charge in [-0.15, -0.1) is 0 Å². The summed E-state index contributed by atoms with van der Waals surface area (Å²) in [4.78, 5) is 15.5. The van der Waals surface area contributed by atoms with Crippen LogP contribution in [0.1, 0.15) is 15.9 Å². The van der Waals surface area contributed by atoms with Crippen LogP contribution in [0.5, 0.6) is 0 Å². The van der Waals surface area contributed by atoms with E-state index in [1.165, 1.54) is 6.20 Å². The standard InChI is InChI=1S/C14H13N3O/c18-14(13-7-4-9-15-11-13)17-16-10-8-12-5-2-1-3-6-12/h1-7,9-11H,8H2,(H,17,18)/b16-10+. The molecule has 1 amide bonds. The number of nitrogens with zero attached hydrogens (tertiary/aromatic N) is 2. The predicted molar refractivity (Wildman–Crippen MR) is 70.3 cm³/mol. The fourth-order valence-electron chi connectivity index (χ4n) is 1.43. The highest BCUT2D eigenvalue weighted by atomic mass is 16.2. The van der Waals surface area contributed by atoms with E-state index in [0.717, 1.165) is 5.56 Å². The first-order valence-electron chi connectivity index (χ1n) is 5.62. The Labute approximate surface area is 105 Å². The topological polar surface area (TPSA) is 54.4 Å². The van der Waals surface area contributed by atoms with Crippen molar-refractivity contribution >= 4 is 12.1 Å². The van der Waals surface area contributed by atoms with Gasteiger partial charge in [0.1, 0.15) is 0 Å². The first-order valence-corrected chi connectivity index (χ1v) is 5.62. The Balaban J connectivity index is 1.83. The van der Waals surface area contributed by atoms with Gasteiger partial charge in [-0.3, -0.25) is 9.78 Å². The van der Waals surface area contributed by atoms with E-state index < -0.39 is 0 Å². The zero-order chi connectivity index (χ0) is 12.6. The predicted octanol–water partition coefficient (Wildman–Crippen LogP) is 2.04. The normalized spacial score (nSPS) is 10.4. The summed E-state index contributed by atoms with van der Waals surface area (Å²) in [6, 6.07) is 13.3. The lowest BCUT2D eigenvalue weighted by molar-refractivity contribution is 0.0954. The largest absolute Gasteiger partial charge is 0.272 e. The molecule has 0 aliphatic rings. The molecule has 0 saturated carbocycles. The summed E-state index contributed by atoms with van der Waals surface area (Å²) in [7, 11) is 0. The van der Waals surface area contributed by atoms with Gasteiger partial charge in [0.2, 0.25) is 0 Å². The summed E-state index contributed by atoms with van der Waals surface area (Å²) in [6.45, 7) is 0. The van der Waals surface area contributed by atoms with Gasteiger partial charge in [0.05, 0.1) is 5.56 Å². The van der Waals surface area contributed by atoms with Crippen LogP contribution in [0.4, 0.5) is 0 Å². The maximum atomic E-state index is 11.6. The quantitative estimate of drug-likeness (QED) is 0.655. The van der Waals surface area contributed by atoms with Crippen molar-refractivity contribution in [3.63, 3.8) is 0 Å². The lowest BCUT2D eigenvalue weighted by atomic mass is 10.2. The second-order valence-corrected chi connectivity index (χ2v) is 3.68. The molecule has 1 aromatic carbocycles. The number of hydrazone groups is 1. The van der Waals surface area contributed by atoms with Crippen LogP contribution < -0.4 is 5.43 Å². The SMILES string of the molecule is O=C(N/N=C/Cc1ccccc1)c1cccnc1. The maximum Gasteiger partial charge on any atom is 0.272 e. The highest BCUT2D eigenvalue weighted by molar-refractivity contribution is 5.93. The van der Waals surface area contributed by atoms with Crippen molar-refractivity contribution in [1.82, 2.24) is 10.4 Å². The number of amides is 1. The molecule has 90 valence electrons. The Morgan fingerprint density at radius 1 is 1.22 bits per heavy atom. The highest BCUT2D eigenvalue weighted by Crippen LogP contribution is 1.97. The monoisotopic (exact) mass is 239 g/mol. The molecule has 4 nitrogen and oxygen atoms in total. The van der Waals surface area contributed by atoms with Crippen LogP contribution in [0.3, 0.4) is 0 Å². The van der Waals surface area contributed by atoms with E-state index in [1.807, 2.05) is 30.3 Å². The summed E-state index contributed by atoms with van der Waals surface area (Å²) < 4.78 is 0. The van der Waals surface area contributed by atoms with Crippen molar-refractivity contribution in [2.75, 3.05) is 0 Å². The second kappa shape index (κ2) is 6.30. The molecule has 1 heterocycles. The van der Waals surface area contributed by atoms with E-state index in [-0.39, 0.29) is 5.91 Å².